The second-order valence-corrected chi connectivity index (χ2v) is 5.43. The molecule has 2 heteroatoms. The average Bonchev–Trinajstić information content (AvgIpc) is 2.10. The van der Waals surface area contributed by atoms with Crippen molar-refractivity contribution in [3.8, 4) is 0 Å². The summed E-state index contributed by atoms with van der Waals surface area (Å²) >= 11 is 0. The first kappa shape index (κ1) is 12.3. The number of hydrogen-bond acceptors (Lipinski definition) is 2. The molecule has 0 heterocycles. The summed E-state index contributed by atoms with van der Waals surface area (Å²) in [5.41, 5.74) is 0.133. The predicted octanol–water partition coefficient (Wildman–Crippen LogP) is 3.46. The lowest BCUT2D eigenvalue weighted by Crippen LogP contribution is -2.40. The molecule has 0 saturated heterocycles. The lowest BCUT2D eigenvalue weighted by Gasteiger charge is -2.42. The molecule has 0 amide bonds. The average molecular weight is 210 g/mol. The fraction of sp³-hybridized carbons (Fsp3) is 0.769. The summed E-state index contributed by atoms with van der Waals surface area (Å²) < 4.78 is 5.50. The zero-order chi connectivity index (χ0) is 11.5. The Hall–Kier alpha value is -0.790. The topological polar surface area (TPSA) is 26.3 Å². The van der Waals surface area contributed by atoms with Gasteiger partial charge in [-0.15, -0.1) is 6.58 Å². The summed E-state index contributed by atoms with van der Waals surface area (Å²) in [6.07, 6.45) is 6.81. The third kappa shape index (κ3) is 3.37. The van der Waals surface area contributed by atoms with Crippen LogP contribution < -0.4 is 0 Å². The number of esters is 1. The van der Waals surface area contributed by atoms with Gasteiger partial charge in [0.2, 0.25) is 0 Å². The normalized spacial score (nSPS) is 23.1. The van der Waals surface area contributed by atoms with Gasteiger partial charge in [0.1, 0.15) is 5.60 Å². The molecule has 0 bridgehead atoms. The number of rotatable bonds is 3. The maximum Gasteiger partial charge on any atom is 0.303 e. The van der Waals surface area contributed by atoms with Crippen LogP contribution in [0.4, 0.5) is 0 Å². The molecule has 0 aromatic heterocycles. The minimum absolute atomic E-state index is 0.170. The van der Waals surface area contributed by atoms with Crippen molar-refractivity contribution in [3.63, 3.8) is 0 Å². The van der Waals surface area contributed by atoms with Crippen LogP contribution in [-0.2, 0) is 9.53 Å². The number of hydrogen-bond donors (Lipinski definition) is 0. The molecule has 15 heavy (non-hydrogen) atoms. The van der Waals surface area contributed by atoms with Crippen LogP contribution in [-0.4, -0.2) is 11.6 Å². The third-order valence-electron chi connectivity index (χ3n) is 3.39. The predicted molar refractivity (Wildman–Crippen MR) is 61.6 cm³/mol. The molecule has 86 valence electrons. The van der Waals surface area contributed by atoms with E-state index < -0.39 is 0 Å². The van der Waals surface area contributed by atoms with E-state index in [4.69, 9.17) is 4.74 Å². The van der Waals surface area contributed by atoms with Gasteiger partial charge >= 0.3 is 5.97 Å². The molecule has 0 spiro atoms. The summed E-state index contributed by atoms with van der Waals surface area (Å²) in [7, 11) is 0. The molecule has 1 fully saturated rings. The molecule has 0 unspecified atom stereocenters. The van der Waals surface area contributed by atoms with Gasteiger partial charge in [-0.25, -0.2) is 0 Å². The van der Waals surface area contributed by atoms with Crippen molar-refractivity contribution in [2.24, 2.45) is 5.41 Å². The summed E-state index contributed by atoms with van der Waals surface area (Å²) in [6.45, 7) is 9.80. The molecular weight excluding hydrogens is 188 g/mol. The highest BCUT2D eigenvalue weighted by Gasteiger charge is 2.39. The highest BCUT2D eigenvalue weighted by Crippen LogP contribution is 2.43. The fourth-order valence-electron chi connectivity index (χ4n) is 2.30. The van der Waals surface area contributed by atoms with E-state index in [1.807, 2.05) is 6.08 Å². The maximum absolute atomic E-state index is 11.1. The minimum Gasteiger partial charge on any atom is -0.459 e. The van der Waals surface area contributed by atoms with Crippen LogP contribution in [0.25, 0.3) is 0 Å². The van der Waals surface area contributed by atoms with Gasteiger partial charge in [-0.05, 0) is 31.1 Å². The van der Waals surface area contributed by atoms with Crippen molar-refractivity contribution in [1.82, 2.24) is 0 Å². The molecule has 0 aliphatic heterocycles. The van der Waals surface area contributed by atoms with Crippen LogP contribution in [0.3, 0.4) is 0 Å². The highest BCUT2D eigenvalue weighted by molar-refractivity contribution is 5.66. The van der Waals surface area contributed by atoms with Crippen LogP contribution in [0.1, 0.15) is 52.9 Å². The quantitative estimate of drug-likeness (QED) is 0.526. The lowest BCUT2D eigenvalue weighted by molar-refractivity contribution is -0.162. The van der Waals surface area contributed by atoms with Gasteiger partial charge in [0.05, 0.1) is 0 Å². The van der Waals surface area contributed by atoms with Crippen molar-refractivity contribution >= 4 is 5.97 Å². The van der Waals surface area contributed by atoms with E-state index in [-0.39, 0.29) is 11.6 Å². The molecule has 1 saturated carbocycles. The Labute approximate surface area is 92.7 Å². The van der Waals surface area contributed by atoms with Crippen molar-refractivity contribution in [3.05, 3.63) is 12.7 Å². The Morgan fingerprint density at radius 2 is 1.87 bits per heavy atom. The van der Waals surface area contributed by atoms with Crippen LogP contribution in [0, 0.1) is 5.41 Å². The second kappa shape index (κ2) is 4.38. The van der Waals surface area contributed by atoms with Crippen molar-refractivity contribution in [2.45, 2.75) is 58.5 Å². The minimum atomic E-state index is -0.261. The molecule has 1 aliphatic carbocycles. The molecule has 1 rings (SSSR count). The molecule has 1 aliphatic rings. The third-order valence-corrected chi connectivity index (χ3v) is 3.39. The second-order valence-electron chi connectivity index (χ2n) is 5.43. The monoisotopic (exact) mass is 210 g/mol. The van der Waals surface area contributed by atoms with Gasteiger partial charge in [0.25, 0.3) is 0 Å². The SMILES string of the molecule is C=CCC1(OC(C)=O)CCC(C)(C)CC1. The smallest absolute Gasteiger partial charge is 0.303 e. The van der Waals surface area contributed by atoms with Crippen LogP contribution in [0.2, 0.25) is 0 Å². The molecular formula is C13H22O2. The fourth-order valence-corrected chi connectivity index (χ4v) is 2.30. The first-order valence-corrected chi connectivity index (χ1v) is 5.70. The van der Waals surface area contributed by atoms with Gasteiger partial charge in [0, 0.05) is 13.3 Å². The first-order valence-electron chi connectivity index (χ1n) is 5.70. The molecule has 0 radical (unpaired) electrons. The van der Waals surface area contributed by atoms with E-state index in [9.17, 15) is 4.79 Å². The largest absolute Gasteiger partial charge is 0.459 e. The highest BCUT2D eigenvalue weighted by atomic mass is 16.6. The van der Waals surface area contributed by atoms with Crippen molar-refractivity contribution in [2.75, 3.05) is 0 Å². The standard InChI is InChI=1S/C13H22O2/c1-5-6-13(15-11(2)14)9-7-12(3,4)8-10-13/h5H,1,6-10H2,2-4H3. The summed E-state index contributed by atoms with van der Waals surface area (Å²) in [4.78, 5) is 11.1. The van der Waals surface area contributed by atoms with E-state index in [0.717, 1.165) is 32.1 Å². The number of ether oxygens (including phenoxy) is 1. The Morgan fingerprint density at radius 3 is 2.27 bits per heavy atom. The zero-order valence-corrected chi connectivity index (χ0v) is 10.1. The van der Waals surface area contributed by atoms with Gasteiger partial charge in [-0.3, -0.25) is 4.79 Å². The van der Waals surface area contributed by atoms with Crippen molar-refractivity contribution in [1.29, 1.82) is 0 Å². The van der Waals surface area contributed by atoms with Crippen LogP contribution in [0.15, 0.2) is 12.7 Å². The molecule has 0 atom stereocenters. The van der Waals surface area contributed by atoms with E-state index in [1.165, 1.54) is 6.92 Å². The molecule has 0 aromatic rings. The van der Waals surface area contributed by atoms with E-state index in [2.05, 4.69) is 20.4 Å². The van der Waals surface area contributed by atoms with Crippen molar-refractivity contribution < 1.29 is 9.53 Å². The summed E-state index contributed by atoms with van der Waals surface area (Å²) in [5, 5.41) is 0. The Balaban J connectivity index is 2.68. The zero-order valence-electron chi connectivity index (χ0n) is 10.1. The Bertz CT molecular complexity index is 243. The van der Waals surface area contributed by atoms with Crippen LogP contribution >= 0.6 is 0 Å². The first-order chi connectivity index (χ1) is 6.89. The Kier molecular flexibility index (Phi) is 3.58. The summed E-state index contributed by atoms with van der Waals surface area (Å²) in [6, 6.07) is 0. The van der Waals surface area contributed by atoms with E-state index in [1.54, 1.807) is 0 Å². The molecule has 2 nitrogen and oxygen atoms in total. The van der Waals surface area contributed by atoms with Crippen LogP contribution in [0.5, 0.6) is 0 Å². The van der Waals surface area contributed by atoms with E-state index in [0.29, 0.717) is 5.41 Å². The molecule has 0 N–H and O–H groups in total. The lowest BCUT2D eigenvalue weighted by atomic mass is 9.70. The molecule has 0 aromatic carbocycles. The van der Waals surface area contributed by atoms with E-state index >= 15 is 0 Å². The van der Waals surface area contributed by atoms with Gasteiger partial charge < -0.3 is 4.74 Å². The van der Waals surface area contributed by atoms with Gasteiger partial charge in [0.15, 0.2) is 0 Å². The Morgan fingerprint density at radius 1 is 1.33 bits per heavy atom. The number of carbonyl (C=O) groups is 1. The van der Waals surface area contributed by atoms with Gasteiger partial charge in [-0.1, -0.05) is 19.9 Å². The van der Waals surface area contributed by atoms with Gasteiger partial charge in [-0.2, -0.15) is 0 Å². The maximum atomic E-state index is 11.1. The number of carbonyl (C=O) groups excluding carboxylic acids is 1. The summed E-state index contributed by atoms with van der Waals surface area (Å²) in [5.74, 6) is -0.170.